The third kappa shape index (κ3) is 5.06. The standard InChI is InChI=1S/C14H10Br2N2O6S/c15-11-3-1-9(13(5-11)17(19)20)7-25(23,24)8-10-2-4-12(16)6-14(10)18(21)22/h1-6H,7-8H2. The summed E-state index contributed by atoms with van der Waals surface area (Å²) in [6, 6.07) is 8.12. The summed E-state index contributed by atoms with van der Waals surface area (Å²) in [5.74, 6) is -1.19. The van der Waals surface area contributed by atoms with Gasteiger partial charge in [0.15, 0.2) is 9.84 Å². The molecule has 0 heterocycles. The second kappa shape index (κ2) is 7.58. The number of nitrogens with zero attached hydrogens (tertiary/aromatic N) is 2. The molecule has 0 saturated carbocycles. The molecule has 8 nitrogen and oxygen atoms in total. The summed E-state index contributed by atoms with van der Waals surface area (Å²) < 4.78 is 25.7. The van der Waals surface area contributed by atoms with Crippen molar-refractivity contribution >= 4 is 53.1 Å². The first kappa shape index (κ1) is 19.5. The Balaban J connectivity index is 2.36. The van der Waals surface area contributed by atoms with E-state index in [4.69, 9.17) is 0 Å². The fourth-order valence-corrected chi connectivity index (χ4v) is 4.42. The predicted molar refractivity (Wildman–Crippen MR) is 97.9 cm³/mol. The molecule has 0 amide bonds. The molecular formula is C14H10Br2N2O6S. The van der Waals surface area contributed by atoms with Gasteiger partial charge in [-0.3, -0.25) is 20.2 Å². The van der Waals surface area contributed by atoms with Crippen LogP contribution in [0.25, 0.3) is 0 Å². The topological polar surface area (TPSA) is 120 Å². The fourth-order valence-electron chi connectivity index (χ4n) is 2.18. The van der Waals surface area contributed by atoms with E-state index in [2.05, 4.69) is 31.9 Å². The van der Waals surface area contributed by atoms with Gasteiger partial charge >= 0.3 is 0 Å². The van der Waals surface area contributed by atoms with Crippen LogP contribution < -0.4 is 0 Å². The van der Waals surface area contributed by atoms with Gasteiger partial charge in [-0.25, -0.2) is 8.42 Å². The van der Waals surface area contributed by atoms with E-state index in [0.717, 1.165) is 0 Å². The minimum Gasteiger partial charge on any atom is -0.258 e. The van der Waals surface area contributed by atoms with E-state index in [1.165, 1.54) is 36.4 Å². The Labute approximate surface area is 159 Å². The summed E-state index contributed by atoms with van der Waals surface area (Å²) in [6.07, 6.45) is 0. The maximum atomic E-state index is 12.4. The van der Waals surface area contributed by atoms with Crippen molar-refractivity contribution in [1.82, 2.24) is 0 Å². The first-order valence-corrected chi connectivity index (χ1v) is 10.1. The summed E-state index contributed by atoms with van der Waals surface area (Å²) >= 11 is 6.19. The summed E-state index contributed by atoms with van der Waals surface area (Å²) in [7, 11) is -3.86. The smallest absolute Gasteiger partial charge is 0.258 e. The highest BCUT2D eigenvalue weighted by Gasteiger charge is 2.24. The van der Waals surface area contributed by atoms with Gasteiger partial charge in [0.1, 0.15) is 0 Å². The highest BCUT2D eigenvalue weighted by atomic mass is 79.9. The third-order valence-electron chi connectivity index (χ3n) is 3.24. The van der Waals surface area contributed by atoms with Gasteiger partial charge in [0.05, 0.1) is 21.4 Å². The summed E-state index contributed by atoms with van der Waals surface area (Å²) in [6.45, 7) is 0. The molecule has 0 aliphatic rings. The maximum absolute atomic E-state index is 12.4. The van der Waals surface area contributed by atoms with E-state index >= 15 is 0 Å². The van der Waals surface area contributed by atoms with Crippen LogP contribution in [0.15, 0.2) is 45.3 Å². The van der Waals surface area contributed by atoms with E-state index in [0.29, 0.717) is 8.95 Å². The van der Waals surface area contributed by atoms with Crippen molar-refractivity contribution in [1.29, 1.82) is 0 Å². The number of benzene rings is 2. The van der Waals surface area contributed by atoms with Crippen LogP contribution in [0.3, 0.4) is 0 Å². The molecule has 0 aromatic heterocycles. The number of halogens is 2. The van der Waals surface area contributed by atoms with Crippen LogP contribution in [0.5, 0.6) is 0 Å². The lowest BCUT2D eigenvalue weighted by Gasteiger charge is -2.07. The van der Waals surface area contributed by atoms with E-state index < -0.39 is 31.2 Å². The highest BCUT2D eigenvalue weighted by Crippen LogP contribution is 2.29. The van der Waals surface area contributed by atoms with Gasteiger partial charge in [-0.15, -0.1) is 0 Å². The van der Waals surface area contributed by atoms with E-state index in [1.807, 2.05) is 0 Å². The Hall–Kier alpha value is -1.85. The van der Waals surface area contributed by atoms with Gasteiger partial charge < -0.3 is 0 Å². The van der Waals surface area contributed by atoms with Crippen molar-refractivity contribution < 1.29 is 18.3 Å². The van der Waals surface area contributed by atoms with Crippen LogP contribution in [-0.2, 0) is 21.3 Å². The molecule has 0 unspecified atom stereocenters. The Morgan fingerprint density at radius 3 is 1.48 bits per heavy atom. The maximum Gasteiger partial charge on any atom is 0.274 e. The van der Waals surface area contributed by atoms with Crippen molar-refractivity contribution in [3.63, 3.8) is 0 Å². The molecule has 11 heteroatoms. The largest absolute Gasteiger partial charge is 0.274 e. The highest BCUT2D eigenvalue weighted by molar-refractivity contribution is 9.10. The molecule has 0 spiro atoms. The molecule has 0 N–H and O–H groups in total. The first-order valence-electron chi connectivity index (χ1n) is 6.65. The van der Waals surface area contributed by atoms with Gasteiger partial charge in [-0.1, -0.05) is 44.0 Å². The Morgan fingerprint density at radius 1 is 0.800 bits per heavy atom. The second-order valence-corrected chi connectivity index (χ2v) is 8.99. The van der Waals surface area contributed by atoms with E-state index in [9.17, 15) is 28.6 Å². The molecule has 0 atom stereocenters. The van der Waals surface area contributed by atoms with Crippen molar-refractivity contribution in [2.24, 2.45) is 0 Å². The molecule has 2 rings (SSSR count). The number of nitro benzene ring substituents is 2. The molecule has 0 aliphatic heterocycles. The minimum absolute atomic E-state index is 0.0213. The molecule has 0 saturated heterocycles. The zero-order chi connectivity index (χ0) is 18.8. The Bertz CT molecular complexity index is 890. The lowest BCUT2D eigenvalue weighted by molar-refractivity contribution is -0.385. The monoisotopic (exact) mass is 492 g/mol. The normalized spacial score (nSPS) is 11.3. The average molecular weight is 494 g/mol. The van der Waals surface area contributed by atoms with Crippen LogP contribution >= 0.6 is 31.9 Å². The number of sulfone groups is 1. The number of hydrogen-bond donors (Lipinski definition) is 0. The zero-order valence-electron chi connectivity index (χ0n) is 12.4. The van der Waals surface area contributed by atoms with Crippen LogP contribution in [0.4, 0.5) is 11.4 Å². The average Bonchev–Trinajstić information content (AvgIpc) is 2.50. The van der Waals surface area contributed by atoms with Crippen LogP contribution in [0.2, 0.25) is 0 Å². The zero-order valence-corrected chi connectivity index (χ0v) is 16.4. The summed E-state index contributed by atoms with van der Waals surface area (Å²) in [5, 5.41) is 22.2. The number of hydrogen-bond acceptors (Lipinski definition) is 6. The molecular weight excluding hydrogens is 484 g/mol. The molecule has 25 heavy (non-hydrogen) atoms. The fraction of sp³-hybridized carbons (Fsp3) is 0.143. The Kier molecular flexibility index (Phi) is 5.91. The number of rotatable bonds is 6. The summed E-state index contributed by atoms with van der Waals surface area (Å²) in [5.41, 5.74) is -0.618. The molecule has 0 fully saturated rings. The lowest BCUT2D eigenvalue weighted by atomic mass is 10.2. The first-order chi connectivity index (χ1) is 11.6. The lowest BCUT2D eigenvalue weighted by Crippen LogP contribution is -2.10. The van der Waals surface area contributed by atoms with Crippen LogP contribution in [0, 0.1) is 20.2 Å². The predicted octanol–water partition coefficient (Wildman–Crippen LogP) is 4.14. The van der Waals surface area contributed by atoms with Crippen molar-refractivity contribution in [3.8, 4) is 0 Å². The van der Waals surface area contributed by atoms with E-state index in [-0.39, 0.29) is 22.5 Å². The minimum atomic E-state index is -3.86. The molecule has 0 aliphatic carbocycles. The van der Waals surface area contributed by atoms with Crippen molar-refractivity contribution in [2.75, 3.05) is 0 Å². The molecule has 0 radical (unpaired) electrons. The van der Waals surface area contributed by atoms with Gasteiger partial charge in [0, 0.05) is 32.2 Å². The number of nitro groups is 2. The second-order valence-electron chi connectivity index (χ2n) is 5.09. The molecule has 132 valence electrons. The van der Waals surface area contributed by atoms with Gasteiger partial charge in [-0.05, 0) is 12.1 Å². The summed E-state index contributed by atoms with van der Waals surface area (Å²) in [4.78, 5) is 20.9. The third-order valence-corrected chi connectivity index (χ3v) is 5.73. The van der Waals surface area contributed by atoms with Gasteiger partial charge in [0.25, 0.3) is 11.4 Å². The van der Waals surface area contributed by atoms with Gasteiger partial charge in [-0.2, -0.15) is 0 Å². The quantitative estimate of drug-likeness (QED) is 0.440. The van der Waals surface area contributed by atoms with Gasteiger partial charge in [0.2, 0.25) is 0 Å². The molecule has 2 aromatic carbocycles. The molecule has 0 bridgehead atoms. The van der Waals surface area contributed by atoms with E-state index in [1.54, 1.807) is 0 Å². The Morgan fingerprint density at radius 2 is 1.16 bits per heavy atom. The SMILES string of the molecule is O=[N+]([O-])c1cc(Br)ccc1CS(=O)(=O)Cc1ccc(Br)cc1[N+](=O)[O-]. The van der Waals surface area contributed by atoms with Crippen molar-refractivity contribution in [2.45, 2.75) is 11.5 Å². The van der Waals surface area contributed by atoms with Crippen LogP contribution in [0.1, 0.15) is 11.1 Å². The van der Waals surface area contributed by atoms with Crippen LogP contribution in [-0.4, -0.2) is 18.3 Å². The molecule has 2 aromatic rings. The van der Waals surface area contributed by atoms with Crippen molar-refractivity contribution in [3.05, 3.63) is 76.7 Å².